The molecule has 0 saturated carbocycles. The van der Waals surface area contributed by atoms with Gasteiger partial charge in [-0.05, 0) is 44.4 Å². The van der Waals surface area contributed by atoms with Crippen LogP contribution in [-0.4, -0.2) is 6.54 Å². The lowest BCUT2D eigenvalue weighted by molar-refractivity contribution is 0.494. The number of hydrogen-bond donors (Lipinski definition) is 1. The van der Waals surface area contributed by atoms with E-state index < -0.39 is 0 Å². The normalized spacial score (nSPS) is 12.3. The maximum absolute atomic E-state index is 5.31. The summed E-state index contributed by atoms with van der Waals surface area (Å²) in [6.07, 6.45) is 10.8. The van der Waals surface area contributed by atoms with Gasteiger partial charge in [-0.25, -0.2) is 0 Å². The van der Waals surface area contributed by atoms with Crippen molar-refractivity contribution in [3.8, 4) is 12.3 Å². The van der Waals surface area contributed by atoms with Crippen LogP contribution in [-0.2, 0) is 6.42 Å². The van der Waals surface area contributed by atoms with Gasteiger partial charge in [0, 0.05) is 22.2 Å². The monoisotopic (exact) mass is 249 g/mol. The van der Waals surface area contributed by atoms with Crippen molar-refractivity contribution in [1.29, 1.82) is 0 Å². The standard InChI is InChI=1S/C15H23NS/c1-4-7-8-9-14(16-12-5-2)15-11-10-13(6-3)17-15/h1,10-11,14,16H,5-9,12H2,2-3H3. The second-order valence-electron chi connectivity index (χ2n) is 4.26. The van der Waals surface area contributed by atoms with E-state index in [2.05, 4.69) is 37.2 Å². The van der Waals surface area contributed by atoms with E-state index in [1.54, 1.807) is 0 Å². The molecule has 0 spiro atoms. The van der Waals surface area contributed by atoms with Crippen LogP contribution in [0.4, 0.5) is 0 Å². The molecule has 1 atom stereocenters. The van der Waals surface area contributed by atoms with Gasteiger partial charge in [-0.3, -0.25) is 0 Å². The number of thiophene rings is 1. The summed E-state index contributed by atoms with van der Waals surface area (Å²) in [5, 5.41) is 3.62. The Balaban J connectivity index is 2.57. The zero-order valence-corrected chi connectivity index (χ0v) is 11.8. The minimum absolute atomic E-state index is 0.494. The zero-order valence-electron chi connectivity index (χ0n) is 11.0. The molecule has 0 aliphatic carbocycles. The van der Waals surface area contributed by atoms with Crippen molar-refractivity contribution in [2.75, 3.05) is 6.54 Å². The first kappa shape index (κ1) is 14.3. The summed E-state index contributed by atoms with van der Waals surface area (Å²) in [6, 6.07) is 5.02. The molecular formula is C15H23NS. The molecule has 0 aromatic carbocycles. The van der Waals surface area contributed by atoms with Gasteiger partial charge >= 0.3 is 0 Å². The number of rotatable bonds is 8. The fourth-order valence-electron chi connectivity index (χ4n) is 1.84. The van der Waals surface area contributed by atoms with Crippen molar-refractivity contribution in [3.05, 3.63) is 21.9 Å². The lowest BCUT2D eigenvalue weighted by Gasteiger charge is -2.16. The van der Waals surface area contributed by atoms with Crippen molar-refractivity contribution in [3.63, 3.8) is 0 Å². The molecule has 1 nitrogen and oxygen atoms in total. The van der Waals surface area contributed by atoms with E-state index in [1.165, 1.54) is 16.2 Å². The number of hydrogen-bond acceptors (Lipinski definition) is 2. The maximum Gasteiger partial charge on any atom is 0.0415 e. The van der Waals surface area contributed by atoms with Crippen LogP contribution in [0, 0.1) is 12.3 Å². The van der Waals surface area contributed by atoms with Crippen molar-refractivity contribution < 1.29 is 0 Å². The highest BCUT2D eigenvalue weighted by molar-refractivity contribution is 7.12. The van der Waals surface area contributed by atoms with Crippen LogP contribution in [0.25, 0.3) is 0 Å². The van der Waals surface area contributed by atoms with Crippen molar-refractivity contribution >= 4 is 11.3 Å². The first-order valence-electron chi connectivity index (χ1n) is 6.57. The van der Waals surface area contributed by atoms with Crippen LogP contribution >= 0.6 is 11.3 Å². The quantitative estimate of drug-likeness (QED) is 0.539. The van der Waals surface area contributed by atoms with Gasteiger partial charge in [0.15, 0.2) is 0 Å². The highest BCUT2D eigenvalue weighted by atomic mass is 32.1. The molecule has 94 valence electrons. The Labute approximate surface area is 110 Å². The molecule has 17 heavy (non-hydrogen) atoms. The second kappa shape index (κ2) is 8.33. The molecule has 2 heteroatoms. The molecule has 0 fully saturated rings. The average molecular weight is 249 g/mol. The summed E-state index contributed by atoms with van der Waals surface area (Å²) < 4.78 is 0. The van der Waals surface area contributed by atoms with Gasteiger partial charge in [0.2, 0.25) is 0 Å². The Morgan fingerprint density at radius 2 is 2.24 bits per heavy atom. The minimum Gasteiger partial charge on any atom is -0.309 e. The lowest BCUT2D eigenvalue weighted by Crippen LogP contribution is -2.21. The second-order valence-corrected chi connectivity index (χ2v) is 5.46. The third-order valence-corrected chi connectivity index (χ3v) is 4.17. The van der Waals surface area contributed by atoms with Crippen LogP contribution in [0.5, 0.6) is 0 Å². The van der Waals surface area contributed by atoms with Gasteiger partial charge in [-0.15, -0.1) is 23.7 Å². The smallest absolute Gasteiger partial charge is 0.0415 e. The van der Waals surface area contributed by atoms with Crippen molar-refractivity contribution in [2.45, 2.75) is 52.0 Å². The van der Waals surface area contributed by atoms with Crippen LogP contribution in [0.2, 0.25) is 0 Å². The number of aryl methyl sites for hydroxylation is 1. The average Bonchev–Trinajstić information content (AvgIpc) is 2.82. The zero-order chi connectivity index (χ0) is 12.5. The molecule has 1 unspecified atom stereocenters. The van der Waals surface area contributed by atoms with Gasteiger partial charge in [-0.1, -0.05) is 13.8 Å². The molecule has 1 rings (SSSR count). The Morgan fingerprint density at radius 1 is 1.41 bits per heavy atom. The molecule has 0 amide bonds. The Morgan fingerprint density at radius 3 is 2.82 bits per heavy atom. The summed E-state index contributed by atoms with van der Waals surface area (Å²) in [7, 11) is 0. The topological polar surface area (TPSA) is 12.0 Å². The minimum atomic E-state index is 0.494. The molecule has 0 aliphatic rings. The van der Waals surface area contributed by atoms with Gasteiger partial charge in [0.1, 0.15) is 0 Å². The van der Waals surface area contributed by atoms with E-state index in [1.807, 2.05) is 11.3 Å². The highest BCUT2D eigenvalue weighted by Gasteiger charge is 2.12. The summed E-state index contributed by atoms with van der Waals surface area (Å²) >= 11 is 1.94. The first-order chi connectivity index (χ1) is 8.31. The molecule has 1 N–H and O–H groups in total. The van der Waals surface area contributed by atoms with Crippen LogP contribution in [0.3, 0.4) is 0 Å². The molecule has 1 heterocycles. The third kappa shape index (κ3) is 4.93. The first-order valence-corrected chi connectivity index (χ1v) is 7.38. The fraction of sp³-hybridized carbons (Fsp3) is 0.600. The van der Waals surface area contributed by atoms with E-state index in [9.17, 15) is 0 Å². The molecule has 0 aliphatic heterocycles. The third-order valence-electron chi connectivity index (χ3n) is 2.83. The van der Waals surface area contributed by atoms with E-state index in [0.717, 1.165) is 32.2 Å². The molecule has 0 bridgehead atoms. The van der Waals surface area contributed by atoms with Crippen LogP contribution in [0.15, 0.2) is 12.1 Å². The van der Waals surface area contributed by atoms with Gasteiger partial charge in [0.05, 0.1) is 0 Å². The Kier molecular flexibility index (Phi) is 7.00. The molecule has 0 radical (unpaired) electrons. The van der Waals surface area contributed by atoms with Gasteiger partial charge in [-0.2, -0.15) is 0 Å². The number of nitrogens with one attached hydrogen (secondary N) is 1. The molecular weight excluding hydrogens is 226 g/mol. The predicted octanol–water partition coefficient (Wildman–Crippen LogP) is 4.15. The van der Waals surface area contributed by atoms with E-state index in [-0.39, 0.29) is 0 Å². The fourth-order valence-corrected chi connectivity index (χ4v) is 2.91. The molecule has 1 aromatic rings. The maximum atomic E-state index is 5.31. The van der Waals surface area contributed by atoms with E-state index in [0.29, 0.717) is 6.04 Å². The van der Waals surface area contributed by atoms with Crippen molar-refractivity contribution in [2.24, 2.45) is 0 Å². The summed E-state index contributed by atoms with van der Waals surface area (Å²) in [4.78, 5) is 2.94. The lowest BCUT2D eigenvalue weighted by atomic mass is 10.1. The highest BCUT2D eigenvalue weighted by Crippen LogP contribution is 2.27. The Bertz CT molecular complexity index is 348. The van der Waals surface area contributed by atoms with Crippen LogP contribution < -0.4 is 5.32 Å². The Hall–Kier alpha value is -0.780. The van der Waals surface area contributed by atoms with Gasteiger partial charge < -0.3 is 5.32 Å². The van der Waals surface area contributed by atoms with E-state index in [4.69, 9.17) is 6.42 Å². The number of unbranched alkanes of at least 4 members (excludes halogenated alkanes) is 1. The summed E-state index contributed by atoms with van der Waals surface area (Å²) in [5.74, 6) is 2.72. The van der Waals surface area contributed by atoms with Gasteiger partial charge in [0.25, 0.3) is 0 Å². The number of terminal acetylenes is 1. The largest absolute Gasteiger partial charge is 0.309 e. The SMILES string of the molecule is C#CCCCC(NCCC)c1ccc(CC)s1. The molecule has 0 saturated heterocycles. The summed E-state index contributed by atoms with van der Waals surface area (Å²) in [6.45, 7) is 5.50. The summed E-state index contributed by atoms with van der Waals surface area (Å²) in [5.41, 5.74) is 0. The predicted molar refractivity (Wildman–Crippen MR) is 77.4 cm³/mol. The van der Waals surface area contributed by atoms with Crippen LogP contribution in [0.1, 0.15) is 55.3 Å². The molecule has 1 aromatic heterocycles. The van der Waals surface area contributed by atoms with E-state index >= 15 is 0 Å². The van der Waals surface area contributed by atoms with Crippen molar-refractivity contribution in [1.82, 2.24) is 5.32 Å².